The molecule has 1 aromatic rings. The summed E-state index contributed by atoms with van der Waals surface area (Å²) in [6.07, 6.45) is 2.06. The monoisotopic (exact) mass is 363 g/mol. The summed E-state index contributed by atoms with van der Waals surface area (Å²) in [5.41, 5.74) is 0.489. The minimum atomic E-state index is -3.46. The Labute approximate surface area is 142 Å². The molecule has 1 saturated heterocycles. The van der Waals surface area contributed by atoms with Gasteiger partial charge in [-0.15, -0.1) is 12.4 Å². The first kappa shape index (κ1) is 19.8. The molecule has 1 aliphatic rings. The van der Waals surface area contributed by atoms with Gasteiger partial charge in [0, 0.05) is 18.2 Å². The van der Waals surface area contributed by atoms with Crippen LogP contribution in [0.4, 0.5) is 5.69 Å². The van der Waals surface area contributed by atoms with Crippen LogP contribution in [0.25, 0.3) is 0 Å². The molecule has 2 atom stereocenters. The van der Waals surface area contributed by atoms with E-state index in [0.29, 0.717) is 11.5 Å². The van der Waals surface area contributed by atoms with Crippen molar-refractivity contribution < 1.29 is 13.3 Å². The predicted molar refractivity (Wildman–Crippen MR) is 91.2 cm³/mol. The largest absolute Gasteiger partial charge is 0.316 e. The zero-order valence-electron chi connectivity index (χ0n) is 12.9. The average molecular weight is 364 g/mol. The molecule has 1 fully saturated rings. The number of piperidine rings is 1. The van der Waals surface area contributed by atoms with Gasteiger partial charge in [-0.25, -0.2) is 13.1 Å². The average Bonchev–Trinajstić information content (AvgIpc) is 2.47. The third kappa shape index (κ3) is 6.06. The molecule has 7 nitrogen and oxygen atoms in total. The molecule has 1 aliphatic heterocycles. The molecule has 0 spiro atoms. The van der Waals surface area contributed by atoms with Crippen molar-refractivity contribution in [2.75, 3.05) is 13.1 Å². The Balaban J connectivity index is 0.00000264. The van der Waals surface area contributed by atoms with Crippen LogP contribution in [0, 0.1) is 16.0 Å². The Kier molecular flexibility index (Phi) is 7.40. The standard InChI is InChI=1S/C14H21N3O4S.ClH/c1-11(13-3-2-8-15-9-13)16-22(20,21)10-12-4-6-14(7-5-12)17(18)19;/h4-7,11,13,15-16H,2-3,8-10H2,1H3;1H. The molecule has 2 N–H and O–H groups in total. The van der Waals surface area contributed by atoms with Gasteiger partial charge in [0.1, 0.15) is 0 Å². The van der Waals surface area contributed by atoms with Gasteiger partial charge in [0.2, 0.25) is 10.0 Å². The number of nitrogens with zero attached hydrogens (tertiary/aromatic N) is 1. The highest BCUT2D eigenvalue weighted by Crippen LogP contribution is 2.17. The van der Waals surface area contributed by atoms with Crippen molar-refractivity contribution in [3.8, 4) is 0 Å². The van der Waals surface area contributed by atoms with Gasteiger partial charge >= 0.3 is 0 Å². The zero-order chi connectivity index (χ0) is 16.2. The van der Waals surface area contributed by atoms with Crippen molar-refractivity contribution in [2.24, 2.45) is 5.92 Å². The molecule has 130 valence electrons. The summed E-state index contributed by atoms with van der Waals surface area (Å²) in [6.45, 7) is 3.69. The topological polar surface area (TPSA) is 101 Å². The van der Waals surface area contributed by atoms with Crippen LogP contribution in [0.3, 0.4) is 0 Å². The van der Waals surface area contributed by atoms with Gasteiger partial charge in [-0.3, -0.25) is 10.1 Å². The number of non-ortho nitro benzene ring substituents is 1. The van der Waals surface area contributed by atoms with Crippen LogP contribution in [-0.2, 0) is 15.8 Å². The minimum absolute atomic E-state index is 0. The molecular weight excluding hydrogens is 342 g/mol. The Hall–Kier alpha value is -1.22. The second-order valence-electron chi connectivity index (χ2n) is 5.70. The maximum atomic E-state index is 12.2. The summed E-state index contributed by atoms with van der Waals surface area (Å²) in [6, 6.07) is 5.46. The molecule has 0 amide bonds. The lowest BCUT2D eigenvalue weighted by atomic mass is 9.94. The number of rotatable bonds is 6. The fourth-order valence-corrected chi connectivity index (χ4v) is 4.13. The van der Waals surface area contributed by atoms with Crippen LogP contribution in [0.1, 0.15) is 25.3 Å². The number of sulfonamides is 1. The highest BCUT2D eigenvalue weighted by atomic mass is 35.5. The first-order chi connectivity index (χ1) is 10.4. The Morgan fingerprint density at radius 2 is 2.04 bits per heavy atom. The summed E-state index contributed by atoms with van der Waals surface area (Å²) < 4.78 is 27.1. The Morgan fingerprint density at radius 1 is 1.39 bits per heavy atom. The van der Waals surface area contributed by atoms with Crippen LogP contribution < -0.4 is 10.0 Å². The number of nitro groups is 1. The molecule has 0 aliphatic carbocycles. The molecular formula is C14H22ClN3O4S. The second-order valence-corrected chi connectivity index (χ2v) is 7.45. The van der Waals surface area contributed by atoms with E-state index in [9.17, 15) is 18.5 Å². The van der Waals surface area contributed by atoms with Crippen molar-refractivity contribution in [3.05, 3.63) is 39.9 Å². The fraction of sp³-hybridized carbons (Fsp3) is 0.571. The lowest BCUT2D eigenvalue weighted by Gasteiger charge is -2.28. The second kappa shape index (κ2) is 8.58. The molecule has 0 aromatic heterocycles. The normalized spacial score (nSPS) is 19.6. The maximum absolute atomic E-state index is 12.2. The van der Waals surface area contributed by atoms with E-state index in [1.54, 1.807) is 0 Å². The smallest absolute Gasteiger partial charge is 0.269 e. The van der Waals surface area contributed by atoms with E-state index in [0.717, 1.165) is 25.9 Å². The maximum Gasteiger partial charge on any atom is 0.269 e. The van der Waals surface area contributed by atoms with Crippen LogP contribution in [0.15, 0.2) is 24.3 Å². The van der Waals surface area contributed by atoms with Crippen LogP contribution in [0.2, 0.25) is 0 Å². The van der Waals surface area contributed by atoms with E-state index < -0.39 is 14.9 Å². The first-order valence-electron chi connectivity index (χ1n) is 7.31. The number of nitrogens with one attached hydrogen (secondary N) is 2. The van der Waals surface area contributed by atoms with Crippen molar-refractivity contribution >= 4 is 28.1 Å². The highest BCUT2D eigenvalue weighted by molar-refractivity contribution is 7.88. The summed E-state index contributed by atoms with van der Waals surface area (Å²) in [5, 5.41) is 13.9. The van der Waals surface area contributed by atoms with Gasteiger partial charge in [-0.2, -0.15) is 0 Å². The van der Waals surface area contributed by atoms with E-state index in [-0.39, 0.29) is 29.9 Å². The molecule has 0 radical (unpaired) electrons. The molecule has 9 heteroatoms. The van der Waals surface area contributed by atoms with E-state index in [1.165, 1.54) is 24.3 Å². The lowest BCUT2D eigenvalue weighted by molar-refractivity contribution is -0.384. The van der Waals surface area contributed by atoms with Crippen LogP contribution in [0.5, 0.6) is 0 Å². The third-order valence-electron chi connectivity index (χ3n) is 3.91. The van der Waals surface area contributed by atoms with Gasteiger partial charge in [0.05, 0.1) is 10.7 Å². The Bertz CT molecular complexity index is 615. The fourth-order valence-electron chi connectivity index (χ4n) is 2.66. The summed E-state index contributed by atoms with van der Waals surface area (Å²) in [4.78, 5) is 10.1. The minimum Gasteiger partial charge on any atom is -0.316 e. The van der Waals surface area contributed by atoms with Gasteiger partial charge in [-0.05, 0) is 44.3 Å². The summed E-state index contributed by atoms with van der Waals surface area (Å²) >= 11 is 0. The highest BCUT2D eigenvalue weighted by Gasteiger charge is 2.24. The van der Waals surface area contributed by atoms with Crippen LogP contribution in [-0.4, -0.2) is 32.5 Å². The molecule has 1 aromatic carbocycles. The van der Waals surface area contributed by atoms with E-state index in [2.05, 4.69) is 10.0 Å². The van der Waals surface area contributed by atoms with E-state index >= 15 is 0 Å². The third-order valence-corrected chi connectivity index (χ3v) is 5.36. The van der Waals surface area contributed by atoms with Gasteiger partial charge in [0.25, 0.3) is 5.69 Å². The Morgan fingerprint density at radius 3 is 2.57 bits per heavy atom. The number of nitro benzene ring substituents is 1. The van der Waals surface area contributed by atoms with E-state index in [1.807, 2.05) is 6.92 Å². The molecule has 1 heterocycles. The van der Waals surface area contributed by atoms with Gasteiger partial charge < -0.3 is 5.32 Å². The quantitative estimate of drug-likeness (QED) is 0.593. The molecule has 23 heavy (non-hydrogen) atoms. The molecule has 0 bridgehead atoms. The number of hydrogen-bond donors (Lipinski definition) is 2. The van der Waals surface area contributed by atoms with Crippen LogP contribution >= 0.6 is 12.4 Å². The van der Waals surface area contributed by atoms with Crippen molar-refractivity contribution in [3.63, 3.8) is 0 Å². The SMILES string of the molecule is CC(NS(=O)(=O)Cc1ccc([N+](=O)[O-])cc1)C1CCCNC1.Cl. The predicted octanol–water partition coefficient (Wildman–Crippen LogP) is 1.82. The van der Waals surface area contributed by atoms with Crippen molar-refractivity contribution in [2.45, 2.75) is 31.6 Å². The van der Waals surface area contributed by atoms with Crippen molar-refractivity contribution in [1.82, 2.24) is 10.0 Å². The van der Waals surface area contributed by atoms with Gasteiger partial charge in [-0.1, -0.05) is 12.1 Å². The molecule has 2 rings (SSSR count). The van der Waals surface area contributed by atoms with Gasteiger partial charge in [0.15, 0.2) is 0 Å². The first-order valence-corrected chi connectivity index (χ1v) is 8.97. The number of hydrogen-bond acceptors (Lipinski definition) is 5. The molecule has 0 saturated carbocycles. The lowest BCUT2D eigenvalue weighted by Crippen LogP contribution is -2.44. The summed E-state index contributed by atoms with van der Waals surface area (Å²) in [7, 11) is -3.46. The number of halogens is 1. The van der Waals surface area contributed by atoms with E-state index in [4.69, 9.17) is 0 Å². The zero-order valence-corrected chi connectivity index (χ0v) is 14.5. The molecule has 2 unspecified atom stereocenters. The van der Waals surface area contributed by atoms with Crippen molar-refractivity contribution in [1.29, 1.82) is 0 Å². The summed E-state index contributed by atoms with van der Waals surface area (Å²) in [5.74, 6) is 0.121. The number of benzene rings is 1.